The fourth-order valence-electron chi connectivity index (χ4n) is 2.84. The number of rotatable bonds is 5. The maximum atomic E-state index is 12.5. The summed E-state index contributed by atoms with van der Waals surface area (Å²) < 4.78 is 10.6. The molecule has 0 N–H and O–H groups in total. The molecule has 2 amide bonds. The molecular weight excluding hydrogens is 368 g/mol. The molecule has 3 rings (SSSR count). The van der Waals surface area contributed by atoms with Gasteiger partial charge in [-0.25, -0.2) is 0 Å². The summed E-state index contributed by atoms with van der Waals surface area (Å²) >= 11 is 5.86. The normalized spacial score (nSPS) is 14.0. The lowest BCUT2D eigenvalue weighted by molar-refractivity contribution is -0.134. The molecule has 1 heterocycles. The van der Waals surface area contributed by atoms with Crippen LogP contribution >= 0.6 is 11.6 Å². The lowest BCUT2D eigenvalue weighted by atomic mass is 10.2. The molecule has 0 unspecified atom stereocenters. The summed E-state index contributed by atoms with van der Waals surface area (Å²) in [6, 6.07) is 13.9. The highest BCUT2D eigenvalue weighted by atomic mass is 35.5. The summed E-state index contributed by atoms with van der Waals surface area (Å²) in [6.45, 7) is 1.94. The molecule has 1 fully saturated rings. The highest BCUT2D eigenvalue weighted by Crippen LogP contribution is 2.17. The van der Waals surface area contributed by atoms with E-state index in [0.29, 0.717) is 42.5 Å². The largest absolute Gasteiger partial charge is 0.497 e. The quantitative estimate of drug-likeness (QED) is 0.790. The van der Waals surface area contributed by atoms with Crippen molar-refractivity contribution >= 4 is 23.4 Å². The van der Waals surface area contributed by atoms with Gasteiger partial charge in [0.25, 0.3) is 11.8 Å². The molecule has 0 atom stereocenters. The first-order valence-electron chi connectivity index (χ1n) is 8.66. The molecule has 0 aromatic heterocycles. The third-order valence-electron chi connectivity index (χ3n) is 4.43. The van der Waals surface area contributed by atoms with Gasteiger partial charge in [-0.2, -0.15) is 0 Å². The second-order valence-corrected chi connectivity index (χ2v) is 6.58. The number of piperazine rings is 1. The number of nitrogens with zero attached hydrogens (tertiary/aromatic N) is 2. The fourth-order valence-corrected chi connectivity index (χ4v) is 2.97. The Bertz CT molecular complexity index is 785. The van der Waals surface area contributed by atoms with Crippen LogP contribution in [0.5, 0.6) is 11.5 Å². The molecule has 7 heteroatoms. The van der Waals surface area contributed by atoms with Crippen molar-refractivity contribution in [1.82, 2.24) is 9.80 Å². The molecule has 1 aliphatic heterocycles. The van der Waals surface area contributed by atoms with Crippen LogP contribution in [-0.4, -0.2) is 61.5 Å². The fraction of sp³-hybridized carbons (Fsp3) is 0.300. The number of ether oxygens (including phenoxy) is 2. The molecule has 27 heavy (non-hydrogen) atoms. The SMILES string of the molecule is COc1ccc(OCC(=O)N2CCN(C(=O)c3ccc(Cl)cc3)CC2)cc1. The predicted octanol–water partition coefficient (Wildman–Crippen LogP) is 2.71. The standard InChI is InChI=1S/C20H21ClN2O4/c1-26-17-6-8-18(9-7-17)27-14-19(24)22-10-12-23(13-11-22)20(25)15-2-4-16(21)5-3-15/h2-9H,10-14H2,1H3. The lowest BCUT2D eigenvalue weighted by Gasteiger charge is -2.34. The van der Waals surface area contributed by atoms with Crippen molar-refractivity contribution in [3.63, 3.8) is 0 Å². The van der Waals surface area contributed by atoms with E-state index in [4.69, 9.17) is 21.1 Å². The summed E-state index contributed by atoms with van der Waals surface area (Å²) in [5.41, 5.74) is 0.599. The smallest absolute Gasteiger partial charge is 0.260 e. The Morgan fingerprint density at radius 2 is 1.44 bits per heavy atom. The van der Waals surface area contributed by atoms with E-state index in [2.05, 4.69) is 0 Å². The third kappa shape index (κ3) is 4.92. The first kappa shape index (κ1) is 19.0. The lowest BCUT2D eigenvalue weighted by Crippen LogP contribution is -2.51. The number of methoxy groups -OCH3 is 1. The second kappa shape index (κ2) is 8.77. The molecular formula is C20H21ClN2O4. The van der Waals surface area contributed by atoms with Gasteiger partial charge >= 0.3 is 0 Å². The summed E-state index contributed by atoms with van der Waals surface area (Å²) in [5.74, 6) is 1.20. The third-order valence-corrected chi connectivity index (χ3v) is 4.68. The van der Waals surface area contributed by atoms with Gasteiger partial charge < -0.3 is 19.3 Å². The zero-order valence-corrected chi connectivity index (χ0v) is 15.8. The van der Waals surface area contributed by atoms with E-state index in [9.17, 15) is 9.59 Å². The minimum absolute atomic E-state index is 0.0303. The van der Waals surface area contributed by atoms with Crippen molar-refractivity contribution in [1.29, 1.82) is 0 Å². The number of carbonyl (C=O) groups excluding carboxylic acids is 2. The van der Waals surface area contributed by atoms with Crippen molar-refractivity contribution < 1.29 is 19.1 Å². The molecule has 2 aromatic rings. The molecule has 1 saturated heterocycles. The molecule has 142 valence electrons. The number of halogens is 1. The number of carbonyl (C=O) groups is 2. The van der Waals surface area contributed by atoms with E-state index in [0.717, 1.165) is 5.75 Å². The molecule has 0 spiro atoms. The first-order chi connectivity index (χ1) is 13.1. The highest BCUT2D eigenvalue weighted by Gasteiger charge is 2.25. The van der Waals surface area contributed by atoms with Gasteiger partial charge in [-0.3, -0.25) is 9.59 Å². The summed E-state index contributed by atoms with van der Waals surface area (Å²) in [5, 5.41) is 0.596. The van der Waals surface area contributed by atoms with Crippen molar-refractivity contribution in [3.8, 4) is 11.5 Å². The van der Waals surface area contributed by atoms with Crippen molar-refractivity contribution in [2.45, 2.75) is 0 Å². The van der Waals surface area contributed by atoms with Gasteiger partial charge in [-0.1, -0.05) is 11.6 Å². The average Bonchev–Trinajstić information content (AvgIpc) is 2.72. The Balaban J connectivity index is 1.47. The molecule has 0 radical (unpaired) electrons. The summed E-state index contributed by atoms with van der Waals surface area (Å²) in [4.78, 5) is 28.3. The van der Waals surface area contributed by atoms with Crippen LogP contribution in [0, 0.1) is 0 Å². The van der Waals surface area contributed by atoms with Crippen LogP contribution in [0.4, 0.5) is 0 Å². The number of benzene rings is 2. The zero-order valence-electron chi connectivity index (χ0n) is 15.1. The number of hydrogen-bond acceptors (Lipinski definition) is 4. The average molecular weight is 389 g/mol. The predicted molar refractivity (Wildman–Crippen MR) is 102 cm³/mol. The molecule has 0 saturated carbocycles. The summed E-state index contributed by atoms with van der Waals surface area (Å²) in [6.07, 6.45) is 0. The number of amides is 2. The highest BCUT2D eigenvalue weighted by molar-refractivity contribution is 6.30. The molecule has 6 nitrogen and oxygen atoms in total. The van der Waals surface area contributed by atoms with Gasteiger partial charge in [0.2, 0.25) is 0 Å². The Kier molecular flexibility index (Phi) is 6.19. The van der Waals surface area contributed by atoms with Gasteiger partial charge in [-0.05, 0) is 48.5 Å². The topological polar surface area (TPSA) is 59.1 Å². The van der Waals surface area contributed by atoms with Gasteiger partial charge in [0.1, 0.15) is 11.5 Å². The second-order valence-electron chi connectivity index (χ2n) is 6.14. The van der Waals surface area contributed by atoms with E-state index in [1.54, 1.807) is 65.4 Å². The maximum Gasteiger partial charge on any atom is 0.260 e. The monoisotopic (exact) mass is 388 g/mol. The Hall–Kier alpha value is -2.73. The van der Waals surface area contributed by atoms with E-state index in [1.165, 1.54) is 0 Å². The van der Waals surface area contributed by atoms with Crippen LogP contribution in [0.15, 0.2) is 48.5 Å². The molecule has 2 aromatic carbocycles. The van der Waals surface area contributed by atoms with Gasteiger partial charge in [0.05, 0.1) is 7.11 Å². The van der Waals surface area contributed by atoms with E-state index >= 15 is 0 Å². The summed E-state index contributed by atoms with van der Waals surface area (Å²) in [7, 11) is 1.59. The zero-order chi connectivity index (χ0) is 19.2. The van der Waals surface area contributed by atoms with E-state index in [-0.39, 0.29) is 18.4 Å². The van der Waals surface area contributed by atoms with Crippen molar-refractivity contribution in [3.05, 3.63) is 59.1 Å². The molecule has 0 bridgehead atoms. The van der Waals surface area contributed by atoms with Crippen LogP contribution in [0.1, 0.15) is 10.4 Å². The van der Waals surface area contributed by atoms with Crippen LogP contribution < -0.4 is 9.47 Å². The number of hydrogen-bond donors (Lipinski definition) is 0. The first-order valence-corrected chi connectivity index (χ1v) is 9.04. The van der Waals surface area contributed by atoms with Crippen molar-refractivity contribution in [2.24, 2.45) is 0 Å². The Labute approximate surface area is 163 Å². The van der Waals surface area contributed by atoms with Gasteiger partial charge in [0, 0.05) is 36.8 Å². The van der Waals surface area contributed by atoms with Gasteiger partial charge in [-0.15, -0.1) is 0 Å². The van der Waals surface area contributed by atoms with E-state index in [1.807, 2.05) is 0 Å². The van der Waals surface area contributed by atoms with Crippen LogP contribution in [-0.2, 0) is 4.79 Å². The maximum absolute atomic E-state index is 12.5. The van der Waals surface area contributed by atoms with Crippen LogP contribution in [0.2, 0.25) is 5.02 Å². The molecule has 1 aliphatic rings. The van der Waals surface area contributed by atoms with Crippen LogP contribution in [0.3, 0.4) is 0 Å². The van der Waals surface area contributed by atoms with Gasteiger partial charge in [0.15, 0.2) is 6.61 Å². The molecule has 0 aliphatic carbocycles. The Morgan fingerprint density at radius 1 is 0.889 bits per heavy atom. The Morgan fingerprint density at radius 3 is 2.04 bits per heavy atom. The minimum atomic E-state index is -0.0931. The minimum Gasteiger partial charge on any atom is -0.497 e. The van der Waals surface area contributed by atoms with Crippen molar-refractivity contribution in [2.75, 3.05) is 39.9 Å². The van der Waals surface area contributed by atoms with Crippen LogP contribution in [0.25, 0.3) is 0 Å². The van der Waals surface area contributed by atoms with E-state index < -0.39 is 0 Å².